The van der Waals surface area contributed by atoms with Crippen molar-refractivity contribution in [2.24, 2.45) is 22.7 Å². The molecule has 0 amide bonds. The molecule has 0 saturated heterocycles. The summed E-state index contributed by atoms with van der Waals surface area (Å²) in [7, 11) is -4.15. The molecule has 3 aliphatic rings. The van der Waals surface area contributed by atoms with E-state index in [0.717, 1.165) is 12.8 Å². The topological polar surface area (TPSA) is 71.4 Å². The Morgan fingerprint density at radius 1 is 1.27 bits per heavy atom. The number of carbonyl (C=O) groups excluding carboxylic acids is 1. The molecule has 5 atom stereocenters. The summed E-state index contributed by atoms with van der Waals surface area (Å²) < 4.78 is 32.3. The number of benzene rings is 1. The third-order valence-electron chi connectivity index (χ3n) is 6.74. The van der Waals surface area contributed by atoms with Crippen molar-refractivity contribution in [2.75, 3.05) is 5.75 Å². The first-order valence-corrected chi connectivity index (χ1v) is 9.44. The monoisotopic (exact) mass is 320 g/mol. The second kappa shape index (κ2) is 4.20. The van der Waals surface area contributed by atoms with Gasteiger partial charge in [0.1, 0.15) is 5.78 Å². The van der Waals surface area contributed by atoms with Crippen LogP contribution in [0.25, 0.3) is 0 Å². The fourth-order valence-electron chi connectivity index (χ4n) is 5.88. The van der Waals surface area contributed by atoms with E-state index in [2.05, 4.69) is 19.1 Å². The summed E-state index contributed by atoms with van der Waals surface area (Å²) in [5, 5.41) is 0. The molecule has 3 saturated carbocycles. The van der Waals surface area contributed by atoms with Crippen molar-refractivity contribution in [1.29, 1.82) is 0 Å². The molecule has 5 unspecified atom stereocenters. The highest BCUT2D eigenvalue weighted by Crippen LogP contribution is 2.76. The maximum atomic E-state index is 13.0. The van der Waals surface area contributed by atoms with Crippen molar-refractivity contribution in [3.05, 3.63) is 35.9 Å². The largest absolute Gasteiger partial charge is 0.299 e. The lowest BCUT2D eigenvalue weighted by atomic mass is 9.61. The van der Waals surface area contributed by atoms with Gasteiger partial charge in [-0.25, -0.2) is 0 Å². The summed E-state index contributed by atoms with van der Waals surface area (Å²) in [6.07, 6.45) is 2.34. The summed E-state index contributed by atoms with van der Waals surface area (Å²) in [5.41, 5.74) is 0.0173. The molecular formula is C17H20O4S. The Bertz CT molecular complexity index is 741. The molecular weight excluding hydrogens is 300 g/mol. The van der Waals surface area contributed by atoms with Gasteiger partial charge in [0.25, 0.3) is 10.1 Å². The van der Waals surface area contributed by atoms with Gasteiger partial charge in [-0.05, 0) is 42.1 Å². The van der Waals surface area contributed by atoms with Crippen LogP contribution in [0.15, 0.2) is 30.3 Å². The normalized spacial score (nSPS) is 43.0. The summed E-state index contributed by atoms with van der Waals surface area (Å²) in [4.78, 5) is 13.0. The Balaban J connectivity index is 1.77. The van der Waals surface area contributed by atoms with Crippen molar-refractivity contribution < 1.29 is 17.8 Å². The zero-order chi connectivity index (χ0) is 15.8. The first kappa shape index (κ1) is 14.4. The summed E-state index contributed by atoms with van der Waals surface area (Å²) >= 11 is 0. The number of rotatable bonds is 3. The summed E-state index contributed by atoms with van der Waals surface area (Å²) in [6.45, 7) is 2.07. The highest BCUT2D eigenvalue weighted by Gasteiger charge is 2.76. The average molecular weight is 320 g/mol. The van der Waals surface area contributed by atoms with E-state index in [0.29, 0.717) is 6.42 Å². The van der Waals surface area contributed by atoms with Crippen LogP contribution in [0.5, 0.6) is 0 Å². The molecule has 5 heteroatoms. The highest BCUT2D eigenvalue weighted by atomic mass is 32.2. The molecule has 1 aromatic rings. The first-order chi connectivity index (χ1) is 10.3. The molecule has 4 rings (SSSR count). The zero-order valence-electron chi connectivity index (χ0n) is 12.5. The van der Waals surface area contributed by atoms with Gasteiger partial charge < -0.3 is 0 Å². The Morgan fingerprint density at radius 2 is 1.95 bits per heavy atom. The van der Waals surface area contributed by atoms with Crippen LogP contribution in [-0.2, 0) is 14.9 Å². The summed E-state index contributed by atoms with van der Waals surface area (Å²) in [5.74, 6) is 0.0430. The van der Waals surface area contributed by atoms with Crippen molar-refractivity contribution in [1.82, 2.24) is 0 Å². The van der Waals surface area contributed by atoms with Crippen molar-refractivity contribution >= 4 is 15.9 Å². The maximum absolute atomic E-state index is 13.0. The van der Waals surface area contributed by atoms with E-state index < -0.39 is 21.3 Å². The lowest BCUT2D eigenvalue weighted by Crippen LogP contribution is -2.48. The van der Waals surface area contributed by atoms with Crippen molar-refractivity contribution in [3.8, 4) is 0 Å². The Morgan fingerprint density at radius 3 is 2.55 bits per heavy atom. The molecule has 4 bridgehead atoms. The van der Waals surface area contributed by atoms with Gasteiger partial charge in [0.2, 0.25) is 0 Å². The molecule has 3 aliphatic carbocycles. The Hall–Kier alpha value is -1.20. The molecule has 0 aromatic heterocycles. The number of Topliss-reactive ketones (excluding diaryl/α,β-unsaturated/α-hetero) is 1. The minimum absolute atomic E-state index is 0.0731. The SMILES string of the molecule is CC12CC(c3ccccc3)C3C(=O)C1(CS(=O)(=O)O)CCC32. The van der Waals surface area contributed by atoms with E-state index in [1.54, 1.807) is 0 Å². The molecule has 0 spiro atoms. The number of ketones is 1. The summed E-state index contributed by atoms with van der Waals surface area (Å²) in [6, 6.07) is 10.1. The van der Waals surface area contributed by atoms with E-state index in [-0.39, 0.29) is 29.0 Å². The van der Waals surface area contributed by atoms with Gasteiger partial charge in [-0.1, -0.05) is 37.3 Å². The van der Waals surface area contributed by atoms with Crippen LogP contribution in [-0.4, -0.2) is 24.5 Å². The molecule has 1 aromatic carbocycles. The standard InChI is InChI=1S/C17H20O4S/c1-16-9-12(11-5-3-2-4-6-11)14-13(16)7-8-17(16,15(14)18)10-22(19,20)21/h2-6,12-14H,7-10H2,1H3,(H,19,20,21). The Labute approximate surface area is 130 Å². The quantitative estimate of drug-likeness (QED) is 0.869. The van der Waals surface area contributed by atoms with Crippen LogP contribution >= 0.6 is 0 Å². The maximum Gasteiger partial charge on any atom is 0.265 e. The van der Waals surface area contributed by atoms with E-state index in [4.69, 9.17) is 0 Å². The van der Waals surface area contributed by atoms with Gasteiger partial charge in [-0.3, -0.25) is 9.35 Å². The smallest absolute Gasteiger partial charge is 0.265 e. The van der Waals surface area contributed by atoms with E-state index in [1.807, 2.05) is 18.2 Å². The van der Waals surface area contributed by atoms with E-state index in [9.17, 15) is 17.8 Å². The van der Waals surface area contributed by atoms with Gasteiger partial charge in [0.15, 0.2) is 0 Å². The zero-order valence-corrected chi connectivity index (χ0v) is 13.3. The molecule has 0 radical (unpaired) electrons. The van der Waals surface area contributed by atoms with Crippen LogP contribution in [0, 0.1) is 22.7 Å². The number of hydrogen-bond donors (Lipinski definition) is 1. The van der Waals surface area contributed by atoms with Crippen molar-refractivity contribution in [2.45, 2.75) is 32.1 Å². The van der Waals surface area contributed by atoms with Crippen LogP contribution in [0.3, 0.4) is 0 Å². The third kappa shape index (κ3) is 1.61. The minimum Gasteiger partial charge on any atom is -0.299 e. The molecule has 0 aliphatic heterocycles. The van der Waals surface area contributed by atoms with Crippen LogP contribution in [0.4, 0.5) is 0 Å². The van der Waals surface area contributed by atoms with Crippen LogP contribution < -0.4 is 0 Å². The lowest BCUT2D eigenvalue weighted by molar-refractivity contribution is -0.135. The molecule has 3 fully saturated rings. The van der Waals surface area contributed by atoms with E-state index >= 15 is 0 Å². The average Bonchev–Trinajstić information content (AvgIpc) is 2.95. The van der Waals surface area contributed by atoms with E-state index in [1.165, 1.54) is 5.56 Å². The van der Waals surface area contributed by atoms with Gasteiger partial charge >= 0.3 is 0 Å². The molecule has 4 nitrogen and oxygen atoms in total. The molecule has 118 valence electrons. The molecule has 1 N–H and O–H groups in total. The fraction of sp³-hybridized carbons (Fsp3) is 0.588. The number of carbonyl (C=O) groups is 1. The Kier molecular flexibility index (Phi) is 2.75. The van der Waals surface area contributed by atoms with Crippen molar-refractivity contribution in [3.63, 3.8) is 0 Å². The van der Waals surface area contributed by atoms with Gasteiger partial charge in [-0.2, -0.15) is 8.42 Å². The first-order valence-electron chi connectivity index (χ1n) is 7.83. The van der Waals surface area contributed by atoms with Gasteiger partial charge in [0.05, 0.1) is 11.2 Å². The molecule has 0 heterocycles. The third-order valence-corrected chi connectivity index (χ3v) is 7.59. The second-order valence-electron chi connectivity index (χ2n) is 7.48. The number of hydrogen-bond acceptors (Lipinski definition) is 3. The highest BCUT2D eigenvalue weighted by molar-refractivity contribution is 7.85. The second-order valence-corrected chi connectivity index (χ2v) is 8.93. The molecule has 22 heavy (non-hydrogen) atoms. The fourth-order valence-corrected chi connectivity index (χ4v) is 7.12. The van der Waals surface area contributed by atoms with Crippen LogP contribution in [0.2, 0.25) is 0 Å². The van der Waals surface area contributed by atoms with Gasteiger partial charge in [-0.15, -0.1) is 0 Å². The predicted molar refractivity (Wildman–Crippen MR) is 82.0 cm³/mol. The minimum atomic E-state index is -4.15. The predicted octanol–water partition coefficient (Wildman–Crippen LogP) is 2.66. The van der Waals surface area contributed by atoms with Gasteiger partial charge in [0, 0.05) is 5.92 Å². The lowest BCUT2D eigenvalue weighted by Gasteiger charge is -2.42. The van der Waals surface area contributed by atoms with Crippen LogP contribution in [0.1, 0.15) is 37.7 Å².